The van der Waals surface area contributed by atoms with Crippen LogP contribution in [0.25, 0.3) is 0 Å². The molecule has 2 aromatic carbocycles. The summed E-state index contributed by atoms with van der Waals surface area (Å²) in [6.07, 6.45) is 0.495. The molecule has 21 heavy (non-hydrogen) atoms. The monoisotopic (exact) mass is 371 g/mol. The third-order valence-electron chi connectivity index (χ3n) is 3.36. The largest absolute Gasteiger partial charge is 0.497 e. The Hall–Kier alpha value is -1.10. The van der Waals surface area contributed by atoms with Crippen LogP contribution in [0.5, 0.6) is 5.75 Å². The molecule has 0 heterocycles. The van der Waals surface area contributed by atoms with Gasteiger partial charge in [0, 0.05) is 15.5 Å². The van der Waals surface area contributed by atoms with E-state index in [1.165, 1.54) is 6.07 Å². The standard InChI is InChI=1S/C16H16BrClFNO/c1-20-16(8-10-7-11(18)3-6-15(10)19)13-9-12(21-2)4-5-14(13)17/h3-7,9,16,20H,8H2,1-2H3. The van der Waals surface area contributed by atoms with Gasteiger partial charge in [0.1, 0.15) is 11.6 Å². The zero-order valence-corrected chi connectivity index (χ0v) is 14.1. The van der Waals surface area contributed by atoms with Gasteiger partial charge in [0.2, 0.25) is 0 Å². The van der Waals surface area contributed by atoms with Crippen molar-refractivity contribution in [2.24, 2.45) is 0 Å². The first kappa shape index (κ1) is 16.3. The molecule has 0 saturated heterocycles. The number of halogens is 3. The molecule has 0 fully saturated rings. The van der Waals surface area contributed by atoms with Crippen LogP contribution in [-0.4, -0.2) is 14.2 Å². The Bertz CT molecular complexity index is 636. The number of benzene rings is 2. The summed E-state index contributed by atoms with van der Waals surface area (Å²) in [6, 6.07) is 10.3. The summed E-state index contributed by atoms with van der Waals surface area (Å²) >= 11 is 9.48. The topological polar surface area (TPSA) is 21.3 Å². The summed E-state index contributed by atoms with van der Waals surface area (Å²) in [5, 5.41) is 3.74. The fraction of sp³-hybridized carbons (Fsp3) is 0.250. The highest BCUT2D eigenvalue weighted by Crippen LogP contribution is 2.30. The second-order valence-electron chi connectivity index (χ2n) is 4.67. The molecule has 1 N–H and O–H groups in total. The highest BCUT2D eigenvalue weighted by atomic mass is 79.9. The summed E-state index contributed by atoms with van der Waals surface area (Å²) in [6.45, 7) is 0. The lowest BCUT2D eigenvalue weighted by molar-refractivity contribution is 0.413. The molecule has 0 aliphatic heterocycles. The molecule has 0 radical (unpaired) electrons. The van der Waals surface area contributed by atoms with Crippen molar-refractivity contribution < 1.29 is 9.13 Å². The highest BCUT2D eigenvalue weighted by Gasteiger charge is 2.16. The van der Waals surface area contributed by atoms with E-state index in [1.54, 1.807) is 19.2 Å². The minimum Gasteiger partial charge on any atom is -0.497 e. The van der Waals surface area contributed by atoms with Crippen molar-refractivity contribution in [3.63, 3.8) is 0 Å². The van der Waals surface area contributed by atoms with Crippen LogP contribution in [-0.2, 0) is 6.42 Å². The zero-order chi connectivity index (χ0) is 15.4. The fourth-order valence-electron chi connectivity index (χ4n) is 2.20. The normalized spacial score (nSPS) is 12.2. The lowest BCUT2D eigenvalue weighted by Crippen LogP contribution is -2.20. The summed E-state index contributed by atoms with van der Waals surface area (Å²) in [5.41, 5.74) is 1.59. The number of rotatable bonds is 5. The molecule has 112 valence electrons. The van der Waals surface area contributed by atoms with Gasteiger partial charge in [-0.25, -0.2) is 4.39 Å². The third-order valence-corrected chi connectivity index (χ3v) is 4.32. The molecule has 0 aliphatic rings. The highest BCUT2D eigenvalue weighted by molar-refractivity contribution is 9.10. The van der Waals surface area contributed by atoms with Gasteiger partial charge in [-0.05, 0) is 61.0 Å². The van der Waals surface area contributed by atoms with Crippen molar-refractivity contribution in [3.8, 4) is 5.75 Å². The van der Waals surface area contributed by atoms with E-state index in [0.717, 1.165) is 15.8 Å². The quantitative estimate of drug-likeness (QED) is 0.817. The predicted molar refractivity (Wildman–Crippen MR) is 87.6 cm³/mol. The second kappa shape index (κ2) is 7.25. The molecule has 0 saturated carbocycles. The molecular formula is C16H16BrClFNO. The lowest BCUT2D eigenvalue weighted by atomic mass is 9.98. The molecule has 0 spiro atoms. The molecule has 5 heteroatoms. The second-order valence-corrected chi connectivity index (χ2v) is 5.96. The van der Waals surface area contributed by atoms with Gasteiger partial charge in [-0.15, -0.1) is 0 Å². The van der Waals surface area contributed by atoms with E-state index < -0.39 is 0 Å². The SMILES string of the molecule is CNC(Cc1cc(Cl)ccc1F)c1cc(OC)ccc1Br. The molecule has 1 unspecified atom stereocenters. The first-order valence-corrected chi connectivity index (χ1v) is 7.67. The Balaban J connectivity index is 2.34. The first-order valence-electron chi connectivity index (χ1n) is 6.49. The maximum absolute atomic E-state index is 13.9. The maximum Gasteiger partial charge on any atom is 0.126 e. The van der Waals surface area contributed by atoms with Gasteiger partial charge in [0.15, 0.2) is 0 Å². The van der Waals surface area contributed by atoms with Crippen molar-refractivity contribution in [2.75, 3.05) is 14.2 Å². The number of nitrogens with one attached hydrogen (secondary N) is 1. The summed E-state index contributed by atoms with van der Waals surface area (Å²) in [7, 11) is 3.47. The van der Waals surface area contributed by atoms with Crippen molar-refractivity contribution in [2.45, 2.75) is 12.5 Å². The van der Waals surface area contributed by atoms with Crippen LogP contribution in [0.2, 0.25) is 5.02 Å². The Morgan fingerprint density at radius 2 is 2.05 bits per heavy atom. The van der Waals surface area contributed by atoms with E-state index in [9.17, 15) is 4.39 Å². The van der Waals surface area contributed by atoms with Gasteiger partial charge in [-0.2, -0.15) is 0 Å². The van der Waals surface area contributed by atoms with Crippen LogP contribution in [0.3, 0.4) is 0 Å². The molecule has 1 atom stereocenters. The van der Waals surface area contributed by atoms with E-state index in [2.05, 4.69) is 21.2 Å². The molecule has 0 aromatic heterocycles. The number of methoxy groups -OCH3 is 1. The molecule has 2 rings (SSSR count). The van der Waals surface area contributed by atoms with E-state index in [4.69, 9.17) is 16.3 Å². The van der Waals surface area contributed by atoms with Crippen LogP contribution in [0, 0.1) is 5.82 Å². The van der Waals surface area contributed by atoms with Gasteiger partial charge < -0.3 is 10.1 Å². The lowest BCUT2D eigenvalue weighted by Gasteiger charge is -2.19. The maximum atomic E-state index is 13.9. The third kappa shape index (κ3) is 3.96. The molecule has 0 amide bonds. The van der Waals surface area contributed by atoms with E-state index >= 15 is 0 Å². The smallest absolute Gasteiger partial charge is 0.126 e. The summed E-state index contributed by atoms with van der Waals surface area (Å²) in [4.78, 5) is 0. The first-order chi connectivity index (χ1) is 10.0. The Labute approximate surface area is 137 Å². The van der Waals surface area contributed by atoms with Crippen LogP contribution in [0.4, 0.5) is 4.39 Å². The minimum atomic E-state index is -0.251. The van der Waals surface area contributed by atoms with Crippen molar-refractivity contribution >= 4 is 27.5 Å². The van der Waals surface area contributed by atoms with Crippen molar-refractivity contribution in [1.29, 1.82) is 0 Å². The number of hydrogen-bond acceptors (Lipinski definition) is 2. The van der Waals surface area contributed by atoms with E-state index in [0.29, 0.717) is 17.0 Å². The summed E-state index contributed by atoms with van der Waals surface area (Å²) < 4.78 is 20.1. The molecule has 2 aromatic rings. The van der Waals surface area contributed by atoms with E-state index in [1.807, 2.05) is 25.2 Å². The molecule has 2 nitrogen and oxygen atoms in total. The Morgan fingerprint density at radius 3 is 2.71 bits per heavy atom. The molecule has 0 bridgehead atoms. The summed E-state index contributed by atoms with van der Waals surface area (Å²) in [5.74, 6) is 0.513. The van der Waals surface area contributed by atoms with Crippen molar-refractivity contribution in [1.82, 2.24) is 5.32 Å². The average molecular weight is 373 g/mol. The fourth-order valence-corrected chi connectivity index (χ4v) is 2.92. The van der Waals surface area contributed by atoms with Gasteiger partial charge >= 0.3 is 0 Å². The molecular weight excluding hydrogens is 357 g/mol. The number of ether oxygens (including phenoxy) is 1. The zero-order valence-electron chi connectivity index (χ0n) is 11.8. The minimum absolute atomic E-state index is 0.0533. The van der Waals surface area contributed by atoms with Crippen LogP contribution >= 0.6 is 27.5 Å². The Kier molecular flexibility index (Phi) is 5.62. The predicted octanol–water partition coefficient (Wildman–Crippen LogP) is 4.75. The van der Waals surface area contributed by atoms with Gasteiger partial charge in [0.25, 0.3) is 0 Å². The van der Waals surface area contributed by atoms with Gasteiger partial charge in [-0.1, -0.05) is 27.5 Å². The van der Waals surface area contributed by atoms with Crippen LogP contribution < -0.4 is 10.1 Å². The number of likely N-dealkylation sites (N-methyl/N-ethyl adjacent to an activating group) is 1. The number of hydrogen-bond donors (Lipinski definition) is 1. The van der Waals surface area contributed by atoms with Crippen LogP contribution in [0.1, 0.15) is 17.2 Å². The Morgan fingerprint density at radius 1 is 1.29 bits per heavy atom. The van der Waals surface area contributed by atoms with E-state index in [-0.39, 0.29) is 11.9 Å². The van der Waals surface area contributed by atoms with Crippen molar-refractivity contribution in [3.05, 3.63) is 62.8 Å². The molecule has 0 aliphatic carbocycles. The van der Waals surface area contributed by atoms with Gasteiger partial charge in [0.05, 0.1) is 7.11 Å². The van der Waals surface area contributed by atoms with Gasteiger partial charge in [-0.3, -0.25) is 0 Å². The average Bonchev–Trinajstić information content (AvgIpc) is 2.49. The van der Waals surface area contributed by atoms with Crippen LogP contribution in [0.15, 0.2) is 40.9 Å².